The Hall–Kier alpha value is -2.32. The lowest BCUT2D eigenvalue weighted by Crippen LogP contribution is -2.59. The van der Waals surface area contributed by atoms with Crippen molar-refractivity contribution < 1.29 is 19.1 Å². The van der Waals surface area contributed by atoms with Crippen molar-refractivity contribution in [3.63, 3.8) is 0 Å². The van der Waals surface area contributed by atoms with Crippen LogP contribution < -0.4 is 0 Å². The van der Waals surface area contributed by atoms with E-state index in [1.807, 2.05) is 5.01 Å². The quantitative estimate of drug-likeness (QED) is 0.619. The number of hydrogen-bond acceptors (Lipinski definition) is 5. The third kappa shape index (κ3) is 4.33. The Morgan fingerprint density at radius 1 is 1.24 bits per heavy atom. The van der Waals surface area contributed by atoms with Gasteiger partial charge < -0.3 is 10.0 Å². The fraction of sp³-hybridized carbons (Fsp3) is 0.571. The maximum atomic E-state index is 13.1. The number of amides is 2. The third-order valence-electron chi connectivity index (χ3n) is 6.11. The molecule has 1 N–H and O–H groups in total. The molecular weight excluding hydrogens is 375 g/mol. The first kappa shape index (κ1) is 20.0. The summed E-state index contributed by atoms with van der Waals surface area (Å²) in [6.07, 6.45) is 10.2. The van der Waals surface area contributed by atoms with E-state index in [0.29, 0.717) is 38.2 Å². The average Bonchev–Trinajstić information content (AvgIpc) is 2.94. The molecule has 2 aliphatic heterocycles. The number of aliphatic hydroxyl groups is 1. The largest absolute Gasteiger partial charge is 0.389 e. The predicted molar refractivity (Wildman–Crippen MR) is 104 cm³/mol. The molecule has 2 bridgehead atoms. The standard InChI is InChI=1S/C21H27FN4O3/c22-18-7-6-16(13-23-18)20(28)26-17-8-11-25(26)15-24(14-17)19(27)12-21(29)9-4-2-1-3-5-10-21/h1-2,6-7,13,17,29H,3-5,8-12,14-15H2/b2-1-. The van der Waals surface area contributed by atoms with Crippen molar-refractivity contribution in [3.05, 3.63) is 42.0 Å². The molecule has 29 heavy (non-hydrogen) atoms. The van der Waals surface area contributed by atoms with Crippen LogP contribution in [0.2, 0.25) is 0 Å². The summed E-state index contributed by atoms with van der Waals surface area (Å²) in [6, 6.07) is 2.50. The third-order valence-corrected chi connectivity index (χ3v) is 6.11. The minimum Gasteiger partial charge on any atom is -0.389 e. The highest BCUT2D eigenvalue weighted by Gasteiger charge is 2.44. The van der Waals surface area contributed by atoms with Gasteiger partial charge in [0.2, 0.25) is 11.9 Å². The Bertz CT molecular complexity index is 786. The lowest BCUT2D eigenvalue weighted by Gasteiger charge is -2.43. The number of rotatable bonds is 3. The summed E-state index contributed by atoms with van der Waals surface area (Å²) in [6.45, 7) is 1.46. The van der Waals surface area contributed by atoms with Crippen molar-refractivity contribution >= 4 is 11.8 Å². The van der Waals surface area contributed by atoms with Gasteiger partial charge in [-0.3, -0.25) is 14.6 Å². The van der Waals surface area contributed by atoms with Crippen LogP contribution in [0.4, 0.5) is 4.39 Å². The number of fused-ring (bicyclic) bond motifs is 2. The second kappa shape index (κ2) is 8.20. The number of halogens is 1. The van der Waals surface area contributed by atoms with E-state index < -0.39 is 11.5 Å². The molecule has 0 saturated carbocycles. The molecule has 156 valence electrons. The number of carbonyl (C=O) groups is 2. The van der Waals surface area contributed by atoms with Gasteiger partial charge in [0, 0.05) is 19.3 Å². The first-order valence-electron chi connectivity index (χ1n) is 10.3. The van der Waals surface area contributed by atoms with Gasteiger partial charge >= 0.3 is 0 Å². The fourth-order valence-electron chi connectivity index (χ4n) is 4.52. The van der Waals surface area contributed by atoms with E-state index in [1.54, 1.807) is 9.91 Å². The molecule has 0 radical (unpaired) electrons. The zero-order valence-corrected chi connectivity index (χ0v) is 16.5. The summed E-state index contributed by atoms with van der Waals surface area (Å²) in [5.74, 6) is -0.912. The Balaban J connectivity index is 1.40. The minimum absolute atomic E-state index is 0.0653. The zero-order valence-electron chi connectivity index (χ0n) is 16.5. The van der Waals surface area contributed by atoms with E-state index >= 15 is 0 Å². The van der Waals surface area contributed by atoms with Gasteiger partial charge in [-0.05, 0) is 50.7 Å². The van der Waals surface area contributed by atoms with E-state index in [0.717, 1.165) is 25.7 Å². The van der Waals surface area contributed by atoms with Crippen LogP contribution in [0.3, 0.4) is 0 Å². The molecule has 3 unspecified atom stereocenters. The summed E-state index contributed by atoms with van der Waals surface area (Å²) < 4.78 is 13.1. The van der Waals surface area contributed by atoms with Gasteiger partial charge in [0.1, 0.15) is 0 Å². The number of pyridine rings is 1. The van der Waals surface area contributed by atoms with Gasteiger partial charge in [-0.1, -0.05) is 12.2 Å². The molecule has 2 amide bonds. The van der Waals surface area contributed by atoms with Crippen LogP contribution in [0.5, 0.6) is 0 Å². The molecule has 2 saturated heterocycles. The zero-order chi connectivity index (χ0) is 20.4. The molecule has 3 heterocycles. The second-order valence-electron chi connectivity index (χ2n) is 8.25. The molecule has 8 heteroatoms. The monoisotopic (exact) mass is 402 g/mol. The maximum absolute atomic E-state index is 13.1. The number of nitrogens with zero attached hydrogens (tertiary/aromatic N) is 4. The van der Waals surface area contributed by atoms with Gasteiger partial charge in [-0.2, -0.15) is 9.40 Å². The molecule has 3 atom stereocenters. The Labute approximate surface area is 169 Å². The molecule has 7 nitrogen and oxygen atoms in total. The lowest BCUT2D eigenvalue weighted by molar-refractivity contribution is -0.149. The summed E-state index contributed by atoms with van der Waals surface area (Å²) in [5.41, 5.74) is -0.622. The van der Waals surface area contributed by atoms with E-state index in [9.17, 15) is 19.1 Å². The molecule has 0 aromatic carbocycles. The number of allylic oxidation sites excluding steroid dienone is 2. The lowest BCUT2D eigenvalue weighted by atomic mass is 9.86. The average molecular weight is 402 g/mol. The van der Waals surface area contributed by atoms with Crippen molar-refractivity contribution in [1.29, 1.82) is 0 Å². The second-order valence-corrected chi connectivity index (χ2v) is 8.25. The van der Waals surface area contributed by atoms with Gasteiger partial charge in [0.05, 0.1) is 30.3 Å². The van der Waals surface area contributed by atoms with E-state index in [4.69, 9.17) is 0 Å². The smallest absolute Gasteiger partial charge is 0.270 e. The van der Waals surface area contributed by atoms with Gasteiger partial charge in [-0.25, -0.2) is 4.98 Å². The van der Waals surface area contributed by atoms with Crippen LogP contribution in [0.15, 0.2) is 30.5 Å². The van der Waals surface area contributed by atoms with Crippen LogP contribution in [-0.4, -0.2) is 68.2 Å². The minimum atomic E-state index is -0.955. The van der Waals surface area contributed by atoms with E-state index in [-0.39, 0.29) is 24.3 Å². The number of aromatic nitrogens is 1. The van der Waals surface area contributed by atoms with Crippen LogP contribution in [0.25, 0.3) is 0 Å². The molecule has 2 fully saturated rings. The molecule has 3 aliphatic rings. The van der Waals surface area contributed by atoms with Crippen molar-refractivity contribution in [2.75, 3.05) is 19.8 Å². The summed E-state index contributed by atoms with van der Waals surface area (Å²) in [7, 11) is 0. The molecule has 0 spiro atoms. The van der Waals surface area contributed by atoms with Gasteiger partial charge in [0.25, 0.3) is 5.91 Å². The highest BCUT2D eigenvalue weighted by molar-refractivity contribution is 5.94. The maximum Gasteiger partial charge on any atom is 0.270 e. The first-order chi connectivity index (χ1) is 14.0. The van der Waals surface area contributed by atoms with Crippen LogP contribution in [0.1, 0.15) is 55.3 Å². The molecule has 1 aromatic rings. The van der Waals surface area contributed by atoms with Crippen molar-refractivity contribution in [1.82, 2.24) is 19.9 Å². The van der Waals surface area contributed by atoms with Gasteiger partial charge in [0.15, 0.2) is 0 Å². The highest BCUT2D eigenvalue weighted by Crippen LogP contribution is 2.31. The molecule has 4 rings (SSSR count). The van der Waals surface area contributed by atoms with Crippen molar-refractivity contribution in [2.45, 2.75) is 56.6 Å². The Kier molecular flexibility index (Phi) is 5.65. The summed E-state index contributed by atoms with van der Waals surface area (Å²) >= 11 is 0. The molecular formula is C21H27FN4O3. The Morgan fingerprint density at radius 2 is 2.07 bits per heavy atom. The SMILES string of the molecule is O=C(CC1(O)CC/C=C\CCC1)N1CC2CCN(C1)N2C(=O)c1ccc(F)nc1. The number of hydrazine groups is 1. The molecule has 1 aromatic heterocycles. The highest BCUT2D eigenvalue weighted by atomic mass is 19.1. The van der Waals surface area contributed by atoms with Crippen molar-refractivity contribution in [3.8, 4) is 0 Å². The van der Waals surface area contributed by atoms with Crippen LogP contribution in [-0.2, 0) is 4.79 Å². The Morgan fingerprint density at radius 3 is 2.83 bits per heavy atom. The fourth-order valence-corrected chi connectivity index (χ4v) is 4.52. The predicted octanol–water partition coefficient (Wildman–Crippen LogP) is 2.09. The summed E-state index contributed by atoms with van der Waals surface area (Å²) in [5, 5.41) is 14.5. The molecule has 1 aliphatic carbocycles. The van der Waals surface area contributed by atoms with E-state index in [2.05, 4.69) is 17.1 Å². The number of carbonyl (C=O) groups excluding carboxylic acids is 2. The van der Waals surface area contributed by atoms with Crippen LogP contribution in [0, 0.1) is 5.95 Å². The van der Waals surface area contributed by atoms with Gasteiger partial charge in [-0.15, -0.1) is 0 Å². The topological polar surface area (TPSA) is 77.0 Å². The summed E-state index contributed by atoms with van der Waals surface area (Å²) in [4.78, 5) is 31.1. The first-order valence-corrected chi connectivity index (χ1v) is 10.3. The normalized spacial score (nSPS) is 30.6. The van der Waals surface area contributed by atoms with Crippen LogP contribution >= 0.6 is 0 Å². The van der Waals surface area contributed by atoms with Crippen molar-refractivity contribution in [2.24, 2.45) is 0 Å². The van der Waals surface area contributed by atoms with E-state index in [1.165, 1.54) is 18.3 Å². The number of hydrogen-bond donors (Lipinski definition) is 1.